The van der Waals surface area contributed by atoms with E-state index in [4.69, 9.17) is 10.9 Å². The Hall–Kier alpha value is -4.76. The van der Waals surface area contributed by atoms with Crippen LogP contribution in [0.1, 0.15) is 33.2 Å². The maximum Gasteiger partial charge on any atom is 0.268 e. The molecule has 0 spiro atoms. The van der Waals surface area contributed by atoms with Crippen LogP contribution in [0.3, 0.4) is 0 Å². The third-order valence-electron chi connectivity index (χ3n) is 4.76. The number of phenolic OH excluding ortho intramolecular Hbond substituents is 1. The number of nitrogens with two attached hydrogens (primary N) is 1. The molecular weight excluding hydrogens is 434 g/mol. The van der Waals surface area contributed by atoms with Crippen LogP contribution in [0.5, 0.6) is 5.75 Å². The number of carbonyl (C=O) groups is 2. The quantitative estimate of drug-likeness (QED) is 0.150. The predicted molar refractivity (Wildman–Crippen MR) is 125 cm³/mol. The lowest BCUT2D eigenvalue weighted by molar-refractivity contribution is -0.134. The minimum atomic E-state index is -1.48. The molecule has 34 heavy (non-hydrogen) atoms. The second-order valence-electron chi connectivity index (χ2n) is 7.16. The molecule has 0 aromatic heterocycles. The highest BCUT2D eigenvalue weighted by molar-refractivity contribution is 5.97. The molecule has 3 aromatic rings. The van der Waals surface area contributed by atoms with Crippen molar-refractivity contribution in [1.29, 1.82) is 0 Å². The number of aromatic hydroxyl groups is 1. The third-order valence-corrected chi connectivity index (χ3v) is 4.76. The maximum absolute atomic E-state index is 12.6. The highest BCUT2D eigenvalue weighted by atomic mass is 16.5. The minimum absolute atomic E-state index is 0.0254. The Bertz CT molecular complexity index is 1280. The van der Waals surface area contributed by atoms with Gasteiger partial charge in [0.05, 0.1) is 0 Å². The van der Waals surface area contributed by atoms with Crippen LogP contribution in [0.2, 0.25) is 0 Å². The van der Waals surface area contributed by atoms with Crippen molar-refractivity contribution in [2.24, 2.45) is 0 Å². The van der Waals surface area contributed by atoms with Gasteiger partial charge in [0.2, 0.25) is 0 Å². The van der Waals surface area contributed by atoms with Gasteiger partial charge in [-0.3, -0.25) is 14.8 Å². The van der Waals surface area contributed by atoms with Gasteiger partial charge in [-0.1, -0.05) is 24.0 Å². The van der Waals surface area contributed by atoms with E-state index in [-0.39, 0.29) is 16.9 Å². The number of phenols is 1. The summed E-state index contributed by atoms with van der Waals surface area (Å²) < 4.78 is 0. The minimum Gasteiger partial charge on any atom is -0.508 e. The number of nitrogen functional groups attached to an aromatic ring is 1. The van der Waals surface area contributed by atoms with Crippen molar-refractivity contribution >= 4 is 17.5 Å². The van der Waals surface area contributed by atoms with Crippen molar-refractivity contribution in [1.82, 2.24) is 10.8 Å². The van der Waals surface area contributed by atoms with Gasteiger partial charge < -0.3 is 21.3 Å². The fourth-order valence-electron chi connectivity index (χ4n) is 2.92. The topological polar surface area (TPSA) is 145 Å². The number of rotatable bonds is 5. The van der Waals surface area contributed by atoms with E-state index in [1.165, 1.54) is 41.9 Å². The Morgan fingerprint density at radius 1 is 0.824 bits per heavy atom. The zero-order valence-electron chi connectivity index (χ0n) is 17.8. The summed E-state index contributed by atoms with van der Waals surface area (Å²) in [6.45, 7) is 0. The van der Waals surface area contributed by atoms with E-state index in [0.717, 1.165) is 5.56 Å². The van der Waals surface area contributed by atoms with E-state index >= 15 is 0 Å². The Labute approximate surface area is 196 Å². The normalized spacial score (nSPS) is 11.6. The summed E-state index contributed by atoms with van der Waals surface area (Å²) in [4.78, 5) is 24.7. The first-order valence-electron chi connectivity index (χ1n) is 10.1. The average molecular weight is 455 g/mol. The van der Waals surface area contributed by atoms with E-state index < -0.39 is 24.0 Å². The SMILES string of the molecule is Nc1ccc(C#CC#Cc2ccc(C(=O)NC(C(=O)NO)C(O)c3ccc(O)cc3)cc2)cc1. The van der Waals surface area contributed by atoms with Crippen molar-refractivity contribution < 1.29 is 25.0 Å². The van der Waals surface area contributed by atoms with E-state index in [9.17, 15) is 19.8 Å². The zero-order valence-corrected chi connectivity index (χ0v) is 17.8. The largest absolute Gasteiger partial charge is 0.508 e. The van der Waals surface area contributed by atoms with Crippen molar-refractivity contribution in [2.75, 3.05) is 5.73 Å². The van der Waals surface area contributed by atoms with Crippen LogP contribution >= 0.6 is 0 Å². The second-order valence-corrected chi connectivity index (χ2v) is 7.16. The van der Waals surface area contributed by atoms with Gasteiger partial charge in [0, 0.05) is 22.4 Å². The molecule has 7 N–H and O–H groups in total. The Morgan fingerprint density at radius 3 is 1.88 bits per heavy atom. The molecule has 0 saturated carbocycles. The van der Waals surface area contributed by atoms with Crippen molar-refractivity contribution in [3.05, 3.63) is 95.1 Å². The fourth-order valence-corrected chi connectivity index (χ4v) is 2.92. The van der Waals surface area contributed by atoms with E-state index in [0.29, 0.717) is 11.3 Å². The molecule has 0 radical (unpaired) electrons. The van der Waals surface area contributed by atoms with Gasteiger partial charge >= 0.3 is 0 Å². The molecule has 0 fully saturated rings. The molecule has 0 aliphatic heterocycles. The lowest BCUT2D eigenvalue weighted by Crippen LogP contribution is -2.49. The molecule has 170 valence electrons. The van der Waals surface area contributed by atoms with Gasteiger partial charge in [-0.05, 0) is 78.1 Å². The Morgan fingerprint density at radius 2 is 1.35 bits per heavy atom. The highest BCUT2D eigenvalue weighted by Gasteiger charge is 2.30. The molecule has 2 atom stereocenters. The van der Waals surface area contributed by atoms with Crippen LogP contribution in [-0.2, 0) is 4.79 Å². The van der Waals surface area contributed by atoms with Gasteiger partial charge in [0.1, 0.15) is 17.9 Å². The van der Waals surface area contributed by atoms with Crippen LogP contribution in [0.4, 0.5) is 5.69 Å². The number of anilines is 1. The monoisotopic (exact) mass is 455 g/mol. The van der Waals surface area contributed by atoms with Crippen LogP contribution in [0, 0.1) is 23.7 Å². The lowest BCUT2D eigenvalue weighted by atomic mass is 10.0. The summed E-state index contributed by atoms with van der Waals surface area (Å²) >= 11 is 0. The maximum atomic E-state index is 12.6. The molecule has 8 nitrogen and oxygen atoms in total. The first-order chi connectivity index (χ1) is 16.4. The molecule has 0 bridgehead atoms. The van der Waals surface area contributed by atoms with E-state index in [1.807, 2.05) is 0 Å². The zero-order chi connectivity index (χ0) is 24.5. The van der Waals surface area contributed by atoms with Crippen LogP contribution in [0.15, 0.2) is 72.8 Å². The first-order valence-corrected chi connectivity index (χ1v) is 10.1. The summed E-state index contributed by atoms with van der Waals surface area (Å²) in [7, 11) is 0. The number of hydroxylamine groups is 1. The Kier molecular flexibility index (Phi) is 7.88. The third kappa shape index (κ3) is 6.38. The van der Waals surface area contributed by atoms with Gasteiger partial charge in [-0.25, -0.2) is 5.48 Å². The summed E-state index contributed by atoms with van der Waals surface area (Å²) in [6.07, 6.45) is -1.47. The van der Waals surface area contributed by atoms with Gasteiger partial charge in [0.15, 0.2) is 0 Å². The number of benzene rings is 3. The molecule has 2 amide bonds. The highest BCUT2D eigenvalue weighted by Crippen LogP contribution is 2.20. The molecule has 8 heteroatoms. The van der Waals surface area contributed by atoms with Crippen molar-refractivity contribution in [3.63, 3.8) is 0 Å². The number of aliphatic hydroxyl groups is 1. The summed E-state index contributed by atoms with van der Waals surface area (Å²) in [6, 6.07) is 17.3. The smallest absolute Gasteiger partial charge is 0.268 e. The molecule has 0 heterocycles. The van der Waals surface area contributed by atoms with E-state index in [2.05, 4.69) is 29.0 Å². The lowest BCUT2D eigenvalue weighted by Gasteiger charge is -2.22. The summed E-state index contributed by atoms with van der Waals surface area (Å²) in [5.41, 5.74) is 9.60. The molecule has 3 aromatic carbocycles. The van der Waals surface area contributed by atoms with Crippen molar-refractivity contribution in [3.8, 4) is 29.4 Å². The van der Waals surface area contributed by atoms with Crippen LogP contribution < -0.4 is 16.5 Å². The number of aliphatic hydroxyl groups excluding tert-OH is 1. The molecule has 0 aliphatic rings. The number of carbonyl (C=O) groups excluding carboxylic acids is 2. The van der Waals surface area contributed by atoms with Gasteiger partial charge in [-0.2, -0.15) is 0 Å². The molecular formula is C26H21N3O5. The summed E-state index contributed by atoms with van der Waals surface area (Å²) in [5, 5.41) is 31.3. The molecule has 3 rings (SSSR count). The van der Waals surface area contributed by atoms with Crippen LogP contribution in [-0.4, -0.2) is 33.3 Å². The van der Waals surface area contributed by atoms with E-state index in [1.54, 1.807) is 36.4 Å². The average Bonchev–Trinajstić information content (AvgIpc) is 2.86. The van der Waals surface area contributed by atoms with Crippen LogP contribution in [0.25, 0.3) is 0 Å². The van der Waals surface area contributed by atoms with Gasteiger partial charge in [0.25, 0.3) is 11.8 Å². The molecule has 0 saturated heterocycles. The predicted octanol–water partition coefficient (Wildman–Crippen LogP) is 1.71. The number of hydrogen-bond donors (Lipinski definition) is 6. The standard InChI is InChI=1S/C26H21N3O5/c27-21-13-7-18(8-14-21)4-2-1-3-17-5-9-20(10-6-17)25(32)28-23(26(33)29-34)24(31)19-11-15-22(30)16-12-19/h5-16,23-24,30-31,34H,27H2,(H,28,32)(H,29,33). The first kappa shape index (κ1) is 23.9. The number of amides is 2. The number of nitrogens with one attached hydrogen (secondary N) is 2. The molecule has 2 unspecified atom stereocenters. The second kappa shape index (κ2) is 11.2. The fraction of sp³-hybridized carbons (Fsp3) is 0.0769. The van der Waals surface area contributed by atoms with Crippen molar-refractivity contribution in [2.45, 2.75) is 12.1 Å². The number of hydrogen-bond acceptors (Lipinski definition) is 6. The van der Waals surface area contributed by atoms with Gasteiger partial charge in [-0.15, -0.1) is 0 Å². The Balaban J connectivity index is 1.68. The molecule has 0 aliphatic carbocycles. The summed E-state index contributed by atoms with van der Waals surface area (Å²) in [5.74, 6) is 9.56.